The number of nitrogens with one attached hydrogen (secondary N) is 3. The van der Waals surface area contributed by atoms with Crippen molar-refractivity contribution in [3.63, 3.8) is 0 Å². The highest BCUT2D eigenvalue weighted by Crippen LogP contribution is 2.31. The standard InChI is InChI=1S/C16H17ClN4O3/c1-9-3-13(24-21-9)8-23-16-6-15-11(5-14(16)17)4-12(19-15)7-18-20-10(2)22/h3-6,18-19H,7-8H2,1-2H3,(H,20,22). The van der Waals surface area contributed by atoms with Crippen LogP contribution in [0.15, 0.2) is 28.8 Å². The quantitative estimate of drug-likeness (QED) is 0.596. The third-order valence-corrected chi connectivity index (χ3v) is 3.61. The highest BCUT2D eigenvalue weighted by atomic mass is 35.5. The summed E-state index contributed by atoms with van der Waals surface area (Å²) in [6.45, 7) is 4.02. The summed E-state index contributed by atoms with van der Waals surface area (Å²) in [6.07, 6.45) is 0. The maximum atomic E-state index is 10.9. The van der Waals surface area contributed by atoms with Gasteiger partial charge >= 0.3 is 0 Å². The SMILES string of the molecule is CC(=O)NNCc1cc2cc(Cl)c(OCc3cc(C)no3)cc2[nH]1. The van der Waals surface area contributed by atoms with Gasteiger partial charge in [0.25, 0.3) is 0 Å². The van der Waals surface area contributed by atoms with E-state index in [9.17, 15) is 4.79 Å². The van der Waals surface area contributed by atoms with Crippen LogP contribution in [0.4, 0.5) is 0 Å². The topological polar surface area (TPSA) is 92.2 Å². The van der Waals surface area contributed by atoms with Crippen molar-refractivity contribution in [2.75, 3.05) is 0 Å². The molecule has 3 rings (SSSR count). The number of amides is 1. The fourth-order valence-electron chi connectivity index (χ4n) is 2.30. The van der Waals surface area contributed by atoms with Crippen molar-refractivity contribution < 1.29 is 14.1 Å². The Kier molecular flexibility index (Phi) is 4.73. The molecule has 3 N–H and O–H groups in total. The molecule has 7 nitrogen and oxygen atoms in total. The Labute approximate surface area is 143 Å². The van der Waals surface area contributed by atoms with E-state index in [1.54, 1.807) is 0 Å². The van der Waals surface area contributed by atoms with Crippen LogP contribution in [-0.4, -0.2) is 16.0 Å². The van der Waals surface area contributed by atoms with Crippen LogP contribution in [0.5, 0.6) is 5.75 Å². The zero-order valence-electron chi connectivity index (χ0n) is 13.3. The summed E-state index contributed by atoms with van der Waals surface area (Å²) in [5, 5.41) is 5.29. The van der Waals surface area contributed by atoms with Gasteiger partial charge in [0.05, 0.1) is 17.3 Å². The lowest BCUT2D eigenvalue weighted by atomic mass is 10.2. The van der Waals surface area contributed by atoms with E-state index in [1.165, 1.54) is 6.92 Å². The predicted molar refractivity (Wildman–Crippen MR) is 89.5 cm³/mol. The van der Waals surface area contributed by atoms with Crippen molar-refractivity contribution in [3.8, 4) is 5.75 Å². The highest BCUT2D eigenvalue weighted by molar-refractivity contribution is 6.32. The first kappa shape index (κ1) is 16.4. The molecule has 0 saturated carbocycles. The molecule has 0 aliphatic carbocycles. The number of hydrogen-bond donors (Lipinski definition) is 3. The maximum absolute atomic E-state index is 10.9. The molecule has 0 bridgehead atoms. The first-order valence-corrected chi connectivity index (χ1v) is 7.74. The van der Waals surface area contributed by atoms with Crippen molar-refractivity contribution in [2.24, 2.45) is 0 Å². The summed E-state index contributed by atoms with van der Waals surface area (Å²) in [6, 6.07) is 7.44. The van der Waals surface area contributed by atoms with Crippen molar-refractivity contribution in [2.45, 2.75) is 27.0 Å². The summed E-state index contributed by atoms with van der Waals surface area (Å²) >= 11 is 6.27. The van der Waals surface area contributed by atoms with Crippen molar-refractivity contribution in [1.82, 2.24) is 21.0 Å². The number of rotatable bonds is 6. The summed E-state index contributed by atoms with van der Waals surface area (Å²) in [4.78, 5) is 14.1. The van der Waals surface area contributed by atoms with Crippen molar-refractivity contribution >= 4 is 28.4 Å². The molecule has 2 aromatic heterocycles. The monoisotopic (exact) mass is 348 g/mol. The smallest absolute Gasteiger partial charge is 0.230 e. The number of H-pyrrole nitrogens is 1. The van der Waals surface area contributed by atoms with Gasteiger partial charge in [-0.05, 0) is 19.1 Å². The summed E-state index contributed by atoms with van der Waals surface area (Å²) in [5.74, 6) is 1.05. The Balaban J connectivity index is 1.72. The fraction of sp³-hybridized carbons (Fsp3) is 0.250. The maximum Gasteiger partial charge on any atom is 0.230 e. The molecule has 0 unspecified atom stereocenters. The molecule has 1 aromatic carbocycles. The van der Waals surface area contributed by atoms with Gasteiger partial charge in [-0.25, -0.2) is 5.43 Å². The largest absolute Gasteiger partial charge is 0.484 e. The Morgan fingerprint density at radius 2 is 2.21 bits per heavy atom. The third-order valence-electron chi connectivity index (χ3n) is 3.32. The molecule has 2 heterocycles. The first-order chi connectivity index (χ1) is 11.5. The van der Waals surface area contributed by atoms with Crippen molar-refractivity contribution in [1.29, 1.82) is 0 Å². The van der Waals surface area contributed by atoms with E-state index in [-0.39, 0.29) is 12.5 Å². The minimum atomic E-state index is -0.146. The normalized spacial score (nSPS) is 11.0. The lowest BCUT2D eigenvalue weighted by Gasteiger charge is -2.06. The molecule has 0 fully saturated rings. The molecule has 0 spiro atoms. The number of hydrogen-bond acceptors (Lipinski definition) is 5. The van der Waals surface area contributed by atoms with Crippen LogP contribution >= 0.6 is 11.6 Å². The number of hydrazine groups is 1. The minimum Gasteiger partial charge on any atom is -0.484 e. The molecule has 3 aromatic rings. The van der Waals surface area contributed by atoms with E-state index in [2.05, 4.69) is 21.0 Å². The Hall–Kier alpha value is -2.51. The summed E-state index contributed by atoms with van der Waals surface area (Å²) in [7, 11) is 0. The Morgan fingerprint density at radius 1 is 1.38 bits per heavy atom. The second-order valence-electron chi connectivity index (χ2n) is 5.42. The Morgan fingerprint density at radius 3 is 2.92 bits per heavy atom. The number of aryl methyl sites for hydroxylation is 1. The molecule has 0 atom stereocenters. The van der Waals surface area contributed by atoms with Gasteiger partial charge in [0.15, 0.2) is 5.76 Å². The average molecular weight is 349 g/mol. The van der Waals surface area contributed by atoms with E-state index in [4.69, 9.17) is 20.9 Å². The summed E-state index contributed by atoms with van der Waals surface area (Å²) < 4.78 is 10.8. The molecule has 126 valence electrons. The van der Waals surface area contributed by atoms with Gasteiger partial charge in [0.1, 0.15) is 12.4 Å². The van der Waals surface area contributed by atoms with Gasteiger partial charge in [0.2, 0.25) is 5.91 Å². The minimum absolute atomic E-state index is 0.146. The number of aromatic nitrogens is 2. The van der Waals surface area contributed by atoms with E-state index in [0.717, 1.165) is 22.3 Å². The number of benzene rings is 1. The first-order valence-electron chi connectivity index (χ1n) is 7.37. The van der Waals surface area contributed by atoms with Gasteiger partial charge in [-0.15, -0.1) is 0 Å². The third kappa shape index (κ3) is 3.87. The number of fused-ring (bicyclic) bond motifs is 1. The van der Waals surface area contributed by atoms with Crippen LogP contribution in [0.25, 0.3) is 10.9 Å². The predicted octanol–water partition coefficient (Wildman–Crippen LogP) is 2.84. The van der Waals surface area contributed by atoms with Crippen LogP contribution in [0, 0.1) is 6.92 Å². The number of ether oxygens (including phenoxy) is 1. The lowest BCUT2D eigenvalue weighted by Crippen LogP contribution is -2.34. The van der Waals surface area contributed by atoms with Gasteiger partial charge in [-0.1, -0.05) is 16.8 Å². The van der Waals surface area contributed by atoms with Crippen molar-refractivity contribution in [3.05, 3.63) is 46.4 Å². The molecule has 8 heteroatoms. The number of carbonyl (C=O) groups is 1. The molecule has 0 aliphatic rings. The molecular formula is C16H17ClN4O3. The van der Waals surface area contributed by atoms with Gasteiger partial charge < -0.3 is 14.2 Å². The van der Waals surface area contributed by atoms with E-state index in [0.29, 0.717) is 23.1 Å². The second-order valence-corrected chi connectivity index (χ2v) is 5.83. The summed E-state index contributed by atoms with van der Waals surface area (Å²) in [5.41, 5.74) is 7.96. The van der Waals surface area contributed by atoms with E-state index >= 15 is 0 Å². The molecule has 0 aliphatic heterocycles. The number of aromatic amines is 1. The fourth-order valence-corrected chi connectivity index (χ4v) is 2.52. The lowest BCUT2D eigenvalue weighted by molar-refractivity contribution is -0.119. The van der Waals surface area contributed by atoms with Crippen LogP contribution < -0.4 is 15.6 Å². The zero-order valence-corrected chi connectivity index (χ0v) is 14.0. The van der Waals surface area contributed by atoms with Gasteiger partial charge in [-0.3, -0.25) is 10.2 Å². The molecular weight excluding hydrogens is 332 g/mol. The molecule has 1 amide bonds. The van der Waals surface area contributed by atoms with Gasteiger partial charge in [-0.2, -0.15) is 0 Å². The number of nitrogens with zero attached hydrogens (tertiary/aromatic N) is 1. The Bertz CT molecular complexity index is 871. The van der Waals surface area contributed by atoms with E-state index < -0.39 is 0 Å². The zero-order chi connectivity index (χ0) is 17.1. The van der Waals surface area contributed by atoms with Gasteiger partial charge in [0, 0.05) is 35.7 Å². The highest BCUT2D eigenvalue weighted by Gasteiger charge is 2.09. The van der Waals surface area contributed by atoms with Crippen LogP contribution in [0.2, 0.25) is 5.02 Å². The number of carbonyl (C=O) groups excluding carboxylic acids is 1. The average Bonchev–Trinajstić information content (AvgIpc) is 3.10. The molecule has 0 radical (unpaired) electrons. The van der Waals surface area contributed by atoms with E-state index in [1.807, 2.05) is 31.2 Å². The van der Waals surface area contributed by atoms with Crippen LogP contribution in [-0.2, 0) is 17.9 Å². The van der Waals surface area contributed by atoms with Crippen LogP contribution in [0.1, 0.15) is 24.1 Å². The number of halogens is 1. The molecule has 0 saturated heterocycles. The second kappa shape index (κ2) is 6.94. The van der Waals surface area contributed by atoms with Crippen LogP contribution in [0.3, 0.4) is 0 Å². The molecule has 24 heavy (non-hydrogen) atoms.